The number of likely N-dealkylation sites (N-methyl/N-ethyl adjacent to an activating group) is 1. The maximum atomic E-state index is 13.0. The van der Waals surface area contributed by atoms with Crippen LogP contribution < -0.4 is 10.6 Å². The van der Waals surface area contributed by atoms with Gasteiger partial charge in [0, 0.05) is 44.6 Å². The van der Waals surface area contributed by atoms with Crippen molar-refractivity contribution in [1.29, 1.82) is 0 Å². The summed E-state index contributed by atoms with van der Waals surface area (Å²) in [7, 11) is 5.58. The summed E-state index contributed by atoms with van der Waals surface area (Å²) in [5, 5.41) is 4.32. The molecule has 0 aromatic heterocycles. The molecule has 0 spiro atoms. The van der Waals surface area contributed by atoms with E-state index in [1.165, 1.54) is 18.2 Å². The van der Waals surface area contributed by atoms with Crippen LogP contribution in [-0.4, -0.2) is 79.5 Å². The Hall–Kier alpha value is -2.62. The number of aryl methyl sites for hydroxylation is 1. The summed E-state index contributed by atoms with van der Waals surface area (Å²) in [5.41, 5.74) is 2.34. The molecular weight excluding hydrogens is 461 g/mol. The highest BCUT2D eigenvalue weighted by Gasteiger charge is 2.41. The average Bonchev–Trinajstić information content (AvgIpc) is 2.81. The first-order valence-corrected chi connectivity index (χ1v) is 12.0. The molecular formula is C25H37F3N4O3. The van der Waals surface area contributed by atoms with Crippen molar-refractivity contribution < 1.29 is 27.6 Å². The molecule has 10 heteroatoms. The van der Waals surface area contributed by atoms with Crippen LogP contribution in [0.5, 0.6) is 0 Å². The molecule has 0 bridgehead atoms. The predicted octanol–water partition coefficient (Wildman–Crippen LogP) is 2.81. The zero-order valence-electron chi connectivity index (χ0n) is 21.0. The van der Waals surface area contributed by atoms with E-state index in [0.717, 1.165) is 19.3 Å². The summed E-state index contributed by atoms with van der Waals surface area (Å²) in [4.78, 5) is 39.5. The first kappa shape index (κ1) is 28.6. The third-order valence-electron chi connectivity index (χ3n) is 6.99. The molecule has 1 aromatic carbocycles. The van der Waals surface area contributed by atoms with E-state index in [2.05, 4.69) is 34.5 Å². The number of nitrogens with zero attached hydrogens (tertiary/aromatic N) is 2. The number of rotatable bonds is 10. The Morgan fingerprint density at radius 3 is 2.17 bits per heavy atom. The van der Waals surface area contributed by atoms with Crippen molar-refractivity contribution in [2.24, 2.45) is 0 Å². The topological polar surface area (TPSA) is 81.8 Å². The molecule has 0 saturated heterocycles. The summed E-state index contributed by atoms with van der Waals surface area (Å²) in [6.45, 7) is 1.71. The van der Waals surface area contributed by atoms with Crippen molar-refractivity contribution in [3.8, 4) is 0 Å². The molecule has 1 aliphatic carbocycles. The maximum Gasteiger partial charge on any atom is 0.471 e. The normalized spacial score (nSPS) is 20.4. The van der Waals surface area contributed by atoms with Crippen LogP contribution in [0.2, 0.25) is 0 Å². The highest BCUT2D eigenvalue weighted by Crippen LogP contribution is 2.37. The largest absolute Gasteiger partial charge is 0.471 e. The molecule has 1 aromatic rings. The zero-order chi connectivity index (χ0) is 26.2. The Morgan fingerprint density at radius 1 is 1.06 bits per heavy atom. The van der Waals surface area contributed by atoms with Gasteiger partial charge in [0.05, 0.1) is 0 Å². The molecule has 0 atom stereocenters. The molecule has 3 amide bonds. The van der Waals surface area contributed by atoms with Crippen LogP contribution in [0.3, 0.4) is 0 Å². The lowest BCUT2D eigenvalue weighted by molar-refractivity contribution is -0.173. The monoisotopic (exact) mass is 498 g/mol. The zero-order valence-corrected chi connectivity index (χ0v) is 21.0. The molecule has 2 rings (SSSR count). The van der Waals surface area contributed by atoms with Crippen LogP contribution in [0, 0.1) is 6.92 Å². The number of amides is 3. The highest BCUT2D eigenvalue weighted by molar-refractivity contribution is 5.84. The standard InChI is InChI=1S/C25H37F3N4O3/c1-18-5-7-19(8-6-18)17-24(31(3)4)13-11-20(12-14-24)32(22(34)10-9-21(33)29-2)16-15-30-23(35)25(26,27)28/h5-8,20H,9-17H2,1-4H3,(H,29,33)(H,30,35). The van der Waals surface area contributed by atoms with Gasteiger partial charge in [0.2, 0.25) is 11.8 Å². The van der Waals surface area contributed by atoms with Gasteiger partial charge in [-0.1, -0.05) is 29.8 Å². The average molecular weight is 499 g/mol. The van der Waals surface area contributed by atoms with Crippen LogP contribution in [0.15, 0.2) is 24.3 Å². The Labute approximate surface area is 205 Å². The smallest absolute Gasteiger partial charge is 0.359 e. The second-order valence-corrected chi connectivity index (χ2v) is 9.53. The van der Waals surface area contributed by atoms with Crippen LogP contribution in [0.1, 0.15) is 49.7 Å². The Kier molecular flexibility index (Phi) is 10.1. The van der Waals surface area contributed by atoms with Crippen LogP contribution in [0.25, 0.3) is 0 Å². The van der Waals surface area contributed by atoms with Gasteiger partial charge < -0.3 is 20.4 Å². The number of carbonyl (C=O) groups is 3. The van der Waals surface area contributed by atoms with Crippen LogP contribution >= 0.6 is 0 Å². The molecule has 1 saturated carbocycles. The summed E-state index contributed by atoms with van der Waals surface area (Å²) in [5.74, 6) is -2.60. The number of halogens is 3. The second kappa shape index (κ2) is 12.4. The SMILES string of the molecule is CNC(=O)CCC(=O)N(CCNC(=O)C(F)(F)F)C1CCC(Cc2ccc(C)cc2)(N(C)C)CC1. The highest BCUT2D eigenvalue weighted by atomic mass is 19.4. The minimum atomic E-state index is -4.97. The summed E-state index contributed by atoms with van der Waals surface area (Å²) in [6, 6.07) is 8.27. The van der Waals surface area contributed by atoms with E-state index in [1.807, 2.05) is 26.3 Å². The molecule has 0 radical (unpaired) electrons. The van der Waals surface area contributed by atoms with Gasteiger partial charge in [-0.25, -0.2) is 0 Å². The van der Waals surface area contributed by atoms with Crippen molar-refractivity contribution >= 4 is 17.7 Å². The number of hydrogen-bond donors (Lipinski definition) is 2. The first-order chi connectivity index (χ1) is 16.4. The minimum Gasteiger partial charge on any atom is -0.359 e. The summed E-state index contributed by atoms with van der Waals surface area (Å²) >= 11 is 0. The van der Waals surface area contributed by atoms with Gasteiger partial charge in [-0.05, 0) is 58.7 Å². The van der Waals surface area contributed by atoms with Gasteiger partial charge in [-0.3, -0.25) is 14.4 Å². The molecule has 35 heavy (non-hydrogen) atoms. The first-order valence-electron chi connectivity index (χ1n) is 12.0. The van der Waals surface area contributed by atoms with Gasteiger partial charge >= 0.3 is 12.1 Å². The molecule has 0 unspecified atom stereocenters. The fraction of sp³-hybridized carbons (Fsp3) is 0.640. The second-order valence-electron chi connectivity index (χ2n) is 9.53. The Balaban J connectivity index is 2.09. The lowest BCUT2D eigenvalue weighted by Gasteiger charge is -2.47. The van der Waals surface area contributed by atoms with Gasteiger partial charge in [0.1, 0.15) is 0 Å². The molecule has 0 heterocycles. The molecule has 1 fully saturated rings. The van der Waals surface area contributed by atoms with Crippen molar-refractivity contribution in [3.63, 3.8) is 0 Å². The van der Waals surface area contributed by atoms with Crippen molar-refractivity contribution in [3.05, 3.63) is 35.4 Å². The number of alkyl halides is 3. The van der Waals surface area contributed by atoms with E-state index in [1.54, 1.807) is 4.90 Å². The van der Waals surface area contributed by atoms with E-state index < -0.39 is 12.1 Å². The van der Waals surface area contributed by atoms with Gasteiger partial charge in [0.25, 0.3) is 0 Å². The lowest BCUT2D eigenvalue weighted by Crippen LogP contribution is -2.54. The van der Waals surface area contributed by atoms with E-state index in [-0.39, 0.29) is 49.3 Å². The Bertz CT molecular complexity index is 864. The maximum absolute atomic E-state index is 13.0. The van der Waals surface area contributed by atoms with E-state index >= 15 is 0 Å². The molecule has 2 N–H and O–H groups in total. The number of nitrogens with one attached hydrogen (secondary N) is 2. The minimum absolute atomic E-state index is 0.00250. The van der Waals surface area contributed by atoms with Crippen LogP contribution in [-0.2, 0) is 20.8 Å². The van der Waals surface area contributed by atoms with E-state index in [0.29, 0.717) is 12.8 Å². The summed E-state index contributed by atoms with van der Waals surface area (Å²) in [6.07, 6.45) is -1.15. The Morgan fingerprint density at radius 2 is 1.66 bits per heavy atom. The molecule has 7 nitrogen and oxygen atoms in total. The molecule has 0 aliphatic heterocycles. The van der Waals surface area contributed by atoms with E-state index in [9.17, 15) is 27.6 Å². The number of benzene rings is 1. The third kappa shape index (κ3) is 8.23. The lowest BCUT2D eigenvalue weighted by atomic mass is 9.74. The van der Waals surface area contributed by atoms with Crippen molar-refractivity contribution in [2.75, 3.05) is 34.2 Å². The van der Waals surface area contributed by atoms with Gasteiger partial charge in [-0.15, -0.1) is 0 Å². The van der Waals surface area contributed by atoms with Gasteiger partial charge in [-0.2, -0.15) is 13.2 Å². The third-order valence-corrected chi connectivity index (χ3v) is 6.99. The molecule has 196 valence electrons. The summed E-state index contributed by atoms with van der Waals surface area (Å²) < 4.78 is 37.7. The number of hydrogen-bond acceptors (Lipinski definition) is 4. The predicted molar refractivity (Wildman–Crippen MR) is 128 cm³/mol. The number of carbonyl (C=O) groups excluding carboxylic acids is 3. The van der Waals surface area contributed by atoms with Crippen LogP contribution in [0.4, 0.5) is 13.2 Å². The van der Waals surface area contributed by atoms with Gasteiger partial charge in [0.15, 0.2) is 0 Å². The molecule has 1 aliphatic rings. The quantitative estimate of drug-likeness (QED) is 0.520. The van der Waals surface area contributed by atoms with Crippen molar-refractivity contribution in [2.45, 2.75) is 69.6 Å². The van der Waals surface area contributed by atoms with Crippen molar-refractivity contribution in [1.82, 2.24) is 20.4 Å². The fourth-order valence-corrected chi connectivity index (χ4v) is 4.71. The fourth-order valence-electron chi connectivity index (χ4n) is 4.71. The van der Waals surface area contributed by atoms with E-state index in [4.69, 9.17) is 0 Å².